The molecule has 0 aromatic heterocycles. The maximum Gasteiger partial charge on any atom is 0.155 e. The first kappa shape index (κ1) is 18.1. The molecular formula is C18H32O. The maximum atomic E-state index is 11.2. The first-order valence-corrected chi connectivity index (χ1v) is 7.62. The predicted octanol–water partition coefficient (Wildman–Crippen LogP) is 5.71. The van der Waals surface area contributed by atoms with Gasteiger partial charge in [-0.1, -0.05) is 59.6 Å². The van der Waals surface area contributed by atoms with E-state index in [0.717, 1.165) is 17.9 Å². The third-order valence-corrected chi connectivity index (χ3v) is 3.28. The van der Waals surface area contributed by atoms with Crippen molar-refractivity contribution in [3.63, 3.8) is 0 Å². The van der Waals surface area contributed by atoms with Crippen molar-refractivity contribution in [1.29, 1.82) is 0 Å². The SMILES string of the molecule is CCC(=O)C=C(C)C=CCC(C)CCCC(C)(C)C. The van der Waals surface area contributed by atoms with Crippen LogP contribution in [0.3, 0.4) is 0 Å². The van der Waals surface area contributed by atoms with Crippen LogP contribution >= 0.6 is 0 Å². The number of hydrogen-bond acceptors (Lipinski definition) is 1. The van der Waals surface area contributed by atoms with E-state index in [9.17, 15) is 4.79 Å². The molecule has 0 N–H and O–H groups in total. The molecule has 0 saturated carbocycles. The lowest BCUT2D eigenvalue weighted by atomic mass is 9.87. The summed E-state index contributed by atoms with van der Waals surface area (Å²) in [6.45, 7) is 13.1. The summed E-state index contributed by atoms with van der Waals surface area (Å²) in [5.41, 5.74) is 1.52. The van der Waals surface area contributed by atoms with Crippen molar-refractivity contribution in [3.8, 4) is 0 Å². The monoisotopic (exact) mass is 264 g/mol. The Morgan fingerprint density at radius 2 is 1.89 bits per heavy atom. The number of hydrogen-bond donors (Lipinski definition) is 0. The van der Waals surface area contributed by atoms with Gasteiger partial charge in [0.25, 0.3) is 0 Å². The third kappa shape index (κ3) is 11.9. The topological polar surface area (TPSA) is 17.1 Å². The first-order chi connectivity index (χ1) is 8.74. The summed E-state index contributed by atoms with van der Waals surface area (Å²) in [4.78, 5) is 11.2. The second-order valence-electron chi connectivity index (χ2n) is 6.90. The highest BCUT2D eigenvalue weighted by atomic mass is 16.1. The Bertz CT molecular complexity index is 315. The Morgan fingerprint density at radius 1 is 1.26 bits per heavy atom. The molecule has 0 amide bonds. The van der Waals surface area contributed by atoms with Crippen LogP contribution in [0.5, 0.6) is 0 Å². The number of carbonyl (C=O) groups is 1. The molecule has 1 unspecified atom stereocenters. The van der Waals surface area contributed by atoms with Crippen molar-refractivity contribution < 1.29 is 4.79 Å². The summed E-state index contributed by atoms with van der Waals surface area (Å²) in [5, 5.41) is 0. The molecule has 0 radical (unpaired) electrons. The lowest BCUT2D eigenvalue weighted by Gasteiger charge is -2.18. The van der Waals surface area contributed by atoms with Gasteiger partial charge in [-0.2, -0.15) is 0 Å². The summed E-state index contributed by atoms with van der Waals surface area (Å²) in [6, 6.07) is 0. The van der Waals surface area contributed by atoms with E-state index >= 15 is 0 Å². The zero-order valence-corrected chi connectivity index (χ0v) is 13.8. The summed E-state index contributed by atoms with van der Waals surface area (Å²) < 4.78 is 0. The van der Waals surface area contributed by atoms with Gasteiger partial charge in [0.1, 0.15) is 0 Å². The van der Waals surface area contributed by atoms with Gasteiger partial charge in [0.05, 0.1) is 0 Å². The number of rotatable bonds is 8. The van der Waals surface area contributed by atoms with Crippen LogP contribution in [0.25, 0.3) is 0 Å². The van der Waals surface area contributed by atoms with Crippen molar-refractivity contribution in [3.05, 3.63) is 23.8 Å². The summed E-state index contributed by atoms with van der Waals surface area (Å²) in [6.07, 6.45) is 11.6. The Hall–Kier alpha value is -0.850. The van der Waals surface area contributed by atoms with Gasteiger partial charge in [-0.25, -0.2) is 0 Å². The zero-order chi connectivity index (χ0) is 14.9. The van der Waals surface area contributed by atoms with E-state index < -0.39 is 0 Å². The van der Waals surface area contributed by atoms with Crippen molar-refractivity contribution in [2.24, 2.45) is 11.3 Å². The average Bonchev–Trinajstić information content (AvgIpc) is 2.26. The molecular weight excluding hydrogens is 232 g/mol. The number of carbonyl (C=O) groups excluding carboxylic acids is 1. The smallest absolute Gasteiger partial charge is 0.155 e. The van der Waals surface area contributed by atoms with E-state index in [0.29, 0.717) is 11.8 Å². The molecule has 0 aromatic carbocycles. The Balaban J connectivity index is 3.93. The fourth-order valence-electron chi connectivity index (χ4n) is 1.99. The van der Waals surface area contributed by atoms with Crippen LogP contribution in [-0.2, 0) is 4.79 Å². The quantitative estimate of drug-likeness (QED) is 0.405. The molecule has 0 spiro atoms. The van der Waals surface area contributed by atoms with E-state index in [4.69, 9.17) is 0 Å². The second-order valence-corrected chi connectivity index (χ2v) is 6.90. The highest BCUT2D eigenvalue weighted by Gasteiger charge is 2.10. The normalized spacial score (nSPS) is 14.9. The molecule has 0 fully saturated rings. The van der Waals surface area contributed by atoms with E-state index in [1.54, 1.807) is 6.08 Å². The molecule has 0 rings (SSSR count). The van der Waals surface area contributed by atoms with Gasteiger partial charge < -0.3 is 0 Å². The average molecular weight is 264 g/mol. The van der Waals surface area contributed by atoms with E-state index in [-0.39, 0.29) is 5.78 Å². The minimum atomic E-state index is 0.209. The molecule has 0 aliphatic heterocycles. The van der Waals surface area contributed by atoms with Gasteiger partial charge >= 0.3 is 0 Å². The second kappa shape index (κ2) is 9.12. The van der Waals surface area contributed by atoms with Gasteiger partial charge in [-0.3, -0.25) is 4.79 Å². The standard InChI is InChI=1S/C18H32O/c1-7-17(19)14-16(3)11-8-10-15(2)12-9-13-18(4,5)6/h8,11,14-15H,7,9-10,12-13H2,1-6H3. The Morgan fingerprint density at radius 3 is 2.42 bits per heavy atom. The van der Waals surface area contributed by atoms with Gasteiger partial charge in [0.15, 0.2) is 5.78 Å². The van der Waals surface area contributed by atoms with Crippen LogP contribution in [-0.4, -0.2) is 5.78 Å². The molecule has 1 heteroatoms. The molecule has 0 aromatic rings. The molecule has 1 atom stereocenters. The third-order valence-electron chi connectivity index (χ3n) is 3.28. The van der Waals surface area contributed by atoms with E-state index in [2.05, 4.69) is 39.8 Å². The van der Waals surface area contributed by atoms with Gasteiger partial charge in [0, 0.05) is 6.42 Å². The molecule has 0 aliphatic carbocycles. The van der Waals surface area contributed by atoms with Crippen molar-refractivity contribution in [1.82, 2.24) is 0 Å². The van der Waals surface area contributed by atoms with Crippen molar-refractivity contribution >= 4 is 5.78 Å². The molecule has 0 heterocycles. The van der Waals surface area contributed by atoms with Gasteiger partial charge in [0.2, 0.25) is 0 Å². The Kier molecular flexibility index (Phi) is 8.71. The van der Waals surface area contributed by atoms with Crippen LogP contribution in [0.4, 0.5) is 0 Å². The lowest BCUT2D eigenvalue weighted by Crippen LogP contribution is -2.05. The van der Waals surface area contributed by atoms with Crippen LogP contribution in [0.15, 0.2) is 23.8 Å². The predicted molar refractivity (Wildman–Crippen MR) is 85.3 cm³/mol. The maximum absolute atomic E-state index is 11.2. The summed E-state index contributed by atoms with van der Waals surface area (Å²) in [5.74, 6) is 0.939. The molecule has 1 nitrogen and oxygen atoms in total. The van der Waals surface area contributed by atoms with Crippen LogP contribution in [0.2, 0.25) is 0 Å². The Labute approximate surface area is 120 Å². The van der Waals surface area contributed by atoms with Crippen LogP contribution < -0.4 is 0 Å². The minimum absolute atomic E-state index is 0.209. The molecule has 0 aliphatic rings. The fraction of sp³-hybridized carbons (Fsp3) is 0.722. The fourth-order valence-corrected chi connectivity index (χ4v) is 1.99. The lowest BCUT2D eigenvalue weighted by molar-refractivity contribution is -0.114. The number of ketones is 1. The largest absolute Gasteiger partial charge is 0.295 e. The van der Waals surface area contributed by atoms with Crippen molar-refractivity contribution in [2.45, 2.75) is 73.6 Å². The van der Waals surface area contributed by atoms with E-state index in [1.807, 2.05) is 13.8 Å². The minimum Gasteiger partial charge on any atom is -0.295 e. The first-order valence-electron chi connectivity index (χ1n) is 7.62. The van der Waals surface area contributed by atoms with Crippen LogP contribution in [0, 0.1) is 11.3 Å². The molecule has 110 valence electrons. The summed E-state index contributed by atoms with van der Waals surface area (Å²) >= 11 is 0. The molecule has 19 heavy (non-hydrogen) atoms. The highest BCUT2D eigenvalue weighted by molar-refractivity contribution is 5.90. The molecule has 0 saturated heterocycles. The van der Waals surface area contributed by atoms with Crippen LogP contribution in [0.1, 0.15) is 73.6 Å². The van der Waals surface area contributed by atoms with E-state index in [1.165, 1.54) is 19.3 Å². The van der Waals surface area contributed by atoms with Gasteiger partial charge in [-0.15, -0.1) is 0 Å². The van der Waals surface area contributed by atoms with Gasteiger partial charge in [-0.05, 0) is 42.7 Å². The highest BCUT2D eigenvalue weighted by Crippen LogP contribution is 2.24. The molecule has 0 bridgehead atoms. The summed E-state index contributed by atoms with van der Waals surface area (Å²) in [7, 11) is 0. The number of allylic oxidation sites excluding steroid dienone is 4. The zero-order valence-electron chi connectivity index (χ0n) is 13.8. The van der Waals surface area contributed by atoms with Crippen molar-refractivity contribution in [2.75, 3.05) is 0 Å².